The van der Waals surface area contributed by atoms with Gasteiger partial charge in [0.25, 0.3) is 11.8 Å². The molecule has 7 nitrogen and oxygen atoms in total. The Morgan fingerprint density at radius 1 is 0.837 bits per heavy atom. The molecule has 0 aliphatic rings. The number of amides is 3. The van der Waals surface area contributed by atoms with Crippen LogP contribution in [-0.4, -0.2) is 29.6 Å². The number of hydrogen-bond acceptors (Lipinski definition) is 5. The van der Waals surface area contributed by atoms with Crippen molar-refractivity contribution < 1.29 is 19.1 Å². The molecule has 0 fully saturated rings. The minimum Gasteiger partial charge on any atom is -0.493 e. The van der Waals surface area contributed by atoms with Crippen molar-refractivity contribution in [2.45, 2.75) is 37.8 Å². The molecule has 0 saturated heterocycles. The van der Waals surface area contributed by atoms with Crippen LogP contribution in [0.4, 0.5) is 11.4 Å². The molecule has 220 valence electrons. The number of ether oxygens (including phenoxy) is 1. The van der Waals surface area contributed by atoms with Crippen molar-refractivity contribution in [3.8, 4) is 5.75 Å². The zero-order valence-corrected chi connectivity index (χ0v) is 25.5. The van der Waals surface area contributed by atoms with Gasteiger partial charge in [-0.25, -0.2) is 0 Å². The summed E-state index contributed by atoms with van der Waals surface area (Å²) in [7, 11) is 0. The number of anilines is 2. The van der Waals surface area contributed by atoms with Gasteiger partial charge in [-0.1, -0.05) is 60.7 Å². The van der Waals surface area contributed by atoms with Crippen LogP contribution in [0.1, 0.15) is 40.9 Å². The second-order valence-corrected chi connectivity index (χ2v) is 11.3. The molecule has 0 aliphatic carbocycles. The normalized spacial score (nSPS) is 11.8. The maximum absolute atomic E-state index is 13.6. The quantitative estimate of drug-likeness (QED) is 0.126. The van der Waals surface area contributed by atoms with Gasteiger partial charge in [-0.2, -0.15) is 0 Å². The van der Waals surface area contributed by atoms with Gasteiger partial charge in [-0.05, 0) is 81.3 Å². The van der Waals surface area contributed by atoms with Gasteiger partial charge in [0.05, 0.1) is 11.9 Å². The van der Waals surface area contributed by atoms with Crippen molar-refractivity contribution in [2.24, 2.45) is 0 Å². The van der Waals surface area contributed by atoms with E-state index in [1.54, 1.807) is 42.5 Å². The Balaban J connectivity index is 1.52. The van der Waals surface area contributed by atoms with E-state index in [1.165, 1.54) is 11.8 Å². The highest BCUT2D eigenvalue weighted by atomic mass is 32.2. The fourth-order valence-electron chi connectivity index (χ4n) is 4.32. The standard InChI is InChI=1S/C35H35N3O4S/c1-5-42-31-20-10-9-17-27(31)21-30(37-34(40)26-15-7-6-8-16-26)35(41)36-28-18-12-19-29(22-28)43-25(4)33(39)38-32-23(2)13-11-14-24(32)3/h6-22,25H,5H2,1-4H3,(H,36,41)(H,37,40)(H,38,39)/b30-21+. The summed E-state index contributed by atoms with van der Waals surface area (Å²) in [6.07, 6.45) is 1.60. The second kappa shape index (κ2) is 14.9. The summed E-state index contributed by atoms with van der Waals surface area (Å²) in [4.78, 5) is 40.4. The highest BCUT2D eigenvalue weighted by Crippen LogP contribution is 2.28. The van der Waals surface area contributed by atoms with Crippen LogP contribution >= 0.6 is 11.8 Å². The van der Waals surface area contributed by atoms with E-state index >= 15 is 0 Å². The summed E-state index contributed by atoms with van der Waals surface area (Å²) in [5, 5.41) is 8.31. The zero-order chi connectivity index (χ0) is 30.8. The predicted octanol–water partition coefficient (Wildman–Crippen LogP) is 7.23. The largest absolute Gasteiger partial charge is 0.493 e. The number of carbonyl (C=O) groups excluding carboxylic acids is 3. The molecule has 0 bridgehead atoms. The van der Waals surface area contributed by atoms with Crippen LogP contribution in [0, 0.1) is 13.8 Å². The Bertz CT molecular complexity index is 1620. The molecule has 0 heterocycles. The van der Waals surface area contributed by atoms with Crippen LogP contribution in [0.25, 0.3) is 6.08 Å². The molecule has 4 aromatic carbocycles. The molecule has 4 rings (SSSR count). The molecule has 8 heteroatoms. The summed E-state index contributed by atoms with van der Waals surface area (Å²) >= 11 is 1.39. The number of nitrogens with one attached hydrogen (secondary N) is 3. The number of aryl methyl sites for hydroxylation is 2. The van der Waals surface area contributed by atoms with Crippen LogP contribution in [0.15, 0.2) is 108 Å². The third kappa shape index (κ3) is 8.59. The lowest BCUT2D eigenvalue weighted by atomic mass is 10.1. The van der Waals surface area contributed by atoms with E-state index in [9.17, 15) is 14.4 Å². The van der Waals surface area contributed by atoms with Gasteiger partial charge >= 0.3 is 0 Å². The first-order valence-electron chi connectivity index (χ1n) is 14.0. The van der Waals surface area contributed by atoms with E-state index < -0.39 is 11.8 Å². The smallest absolute Gasteiger partial charge is 0.272 e. The third-order valence-corrected chi connectivity index (χ3v) is 7.64. The SMILES string of the molecule is CCOc1ccccc1/C=C(/NC(=O)c1ccccc1)C(=O)Nc1cccc(SC(C)C(=O)Nc2c(C)cccc2C)c1. The number of hydrogen-bond donors (Lipinski definition) is 3. The Morgan fingerprint density at radius 3 is 2.23 bits per heavy atom. The van der Waals surface area contributed by atoms with E-state index in [-0.39, 0.29) is 16.9 Å². The molecule has 4 aromatic rings. The van der Waals surface area contributed by atoms with Gasteiger partial charge < -0.3 is 20.7 Å². The van der Waals surface area contributed by atoms with Crippen LogP contribution < -0.4 is 20.7 Å². The number of rotatable bonds is 11. The van der Waals surface area contributed by atoms with E-state index in [2.05, 4.69) is 16.0 Å². The number of thioether (sulfide) groups is 1. The minimum absolute atomic E-state index is 0.0559. The van der Waals surface area contributed by atoms with Gasteiger partial charge in [-0.15, -0.1) is 11.8 Å². The van der Waals surface area contributed by atoms with Crippen molar-refractivity contribution in [1.29, 1.82) is 0 Å². The highest BCUT2D eigenvalue weighted by Gasteiger charge is 2.19. The lowest BCUT2D eigenvalue weighted by Gasteiger charge is -2.16. The van der Waals surface area contributed by atoms with Crippen molar-refractivity contribution in [2.75, 3.05) is 17.2 Å². The first-order valence-corrected chi connectivity index (χ1v) is 14.9. The Kier molecular flexibility index (Phi) is 10.8. The molecule has 0 radical (unpaired) electrons. The number of carbonyl (C=O) groups is 3. The Labute approximate surface area is 256 Å². The summed E-state index contributed by atoms with van der Waals surface area (Å²) in [6, 6.07) is 29.1. The molecule has 0 aliphatic heterocycles. The van der Waals surface area contributed by atoms with E-state index in [1.807, 2.05) is 88.4 Å². The van der Waals surface area contributed by atoms with Crippen LogP contribution in [-0.2, 0) is 9.59 Å². The lowest BCUT2D eigenvalue weighted by Crippen LogP contribution is -2.30. The van der Waals surface area contributed by atoms with Crippen LogP contribution in [0.2, 0.25) is 0 Å². The maximum atomic E-state index is 13.6. The number of para-hydroxylation sites is 2. The van der Waals surface area contributed by atoms with Crippen molar-refractivity contribution in [3.63, 3.8) is 0 Å². The monoisotopic (exact) mass is 593 g/mol. The molecule has 1 unspecified atom stereocenters. The molecule has 3 N–H and O–H groups in total. The zero-order valence-electron chi connectivity index (χ0n) is 24.6. The van der Waals surface area contributed by atoms with Gasteiger partial charge in [0, 0.05) is 27.4 Å². The van der Waals surface area contributed by atoms with Gasteiger partial charge in [0.15, 0.2) is 0 Å². The Hall–Kier alpha value is -4.82. The average molecular weight is 594 g/mol. The Morgan fingerprint density at radius 2 is 1.51 bits per heavy atom. The van der Waals surface area contributed by atoms with Crippen molar-refractivity contribution in [3.05, 3.63) is 125 Å². The van der Waals surface area contributed by atoms with Gasteiger partial charge in [0.1, 0.15) is 11.4 Å². The van der Waals surface area contributed by atoms with E-state index in [0.29, 0.717) is 29.2 Å². The average Bonchev–Trinajstić information content (AvgIpc) is 3.00. The summed E-state index contributed by atoms with van der Waals surface area (Å²) in [5.41, 5.74) is 4.48. The van der Waals surface area contributed by atoms with Crippen molar-refractivity contribution in [1.82, 2.24) is 5.32 Å². The summed E-state index contributed by atoms with van der Waals surface area (Å²) in [5.74, 6) is -0.433. The fourth-order valence-corrected chi connectivity index (χ4v) is 5.25. The topological polar surface area (TPSA) is 96.5 Å². The fraction of sp³-hybridized carbons (Fsp3) is 0.171. The highest BCUT2D eigenvalue weighted by molar-refractivity contribution is 8.00. The first kappa shape index (κ1) is 31.1. The molecule has 43 heavy (non-hydrogen) atoms. The van der Waals surface area contributed by atoms with Gasteiger partial charge in [0.2, 0.25) is 5.91 Å². The molecule has 3 amide bonds. The molecule has 0 saturated carbocycles. The predicted molar refractivity (Wildman–Crippen MR) is 174 cm³/mol. The number of benzene rings is 4. The lowest BCUT2D eigenvalue weighted by molar-refractivity contribution is -0.115. The van der Waals surface area contributed by atoms with Crippen molar-refractivity contribution >= 4 is 46.9 Å². The summed E-state index contributed by atoms with van der Waals surface area (Å²) in [6.45, 7) is 8.10. The van der Waals surface area contributed by atoms with E-state index in [0.717, 1.165) is 21.7 Å². The molecular weight excluding hydrogens is 558 g/mol. The van der Waals surface area contributed by atoms with Crippen LogP contribution in [0.5, 0.6) is 5.75 Å². The van der Waals surface area contributed by atoms with Gasteiger partial charge in [-0.3, -0.25) is 14.4 Å². The third-order valence-electron chi connectivity index (χ3n) is 6.55. The first-order chi connectivity index (χ1) is 20.7. The van der Waals surface area contributed by atoms with E-state index in [4.69, 9.17) is 4.74 Å². The maximum Gasteiger partial charge on any atom is 0.272 e. The van der Waals surface area contributed by atoms with Crippen LogP contribution in [0.3, 0.4) is 0 Å². The summed E-state index contributed by atoms with van der Waals surface area (Å²) < 4.78 is 5.72. The minimum atomic E-state index is -0.501. The second-order valence-electron chi connectivity index (χ2n) is 9.85. The molecule has 1 atom stereocenters. The molecule has 0 spiro atoms. The molecular formula is C35H35N3O4S. The molecule has 0 aromatic heterocycles.